The second-order valence-electron chi connectivity index (χ2n) is 5.75. The maximum atomic E-state index is 11.3. The summed E-state index contributed by atoms with van der Waals surface area (Å²) >= 11 is 0. The molecular formula is C18H19N5O. The van der Waals surface area contributed by atoms with E-state index in [2.05, 4.69) is 20.1 Å². The van der Waals surface area contributed by atoms with Crippen LogP contribution < -0.4 is 5.73 Å². The molecule has 2 aromatic heterocycles. The highest BCUT2D eigenvalue weighted by Crippen LogP contribution is 2.21. The van der Waals surface area contributed by atoms with Crippen LogP contribution in [0.15, 0.2) is 55.0 Å². The molecule has 0 radical (unpaired) electrons. The van der Waals surface area contributed by atoms with Crippen molar-refractivity contribution in [2.45, 2.75) is 13.1 Å². The molecule has 0 aliphatic rings. The van der Waals surface area contributed by atoms with Gasteiger partial charge in [-0.1, -0.05) is 12.1 Å². The Balaban J connectivity index is 1.72. The molecule has 24 heavy (non-hydrogen) atoms. The Kier molecular flexibility index (Phi) is 4.67. The number of carbonyl (C=O) groups is 1. The van der Waals surface area contributed by atoms with Gasteiger partial charge in [0, 0.05) is 42.2 Å². The topological polar surface area (TPSA) is 87.9 Å². The van der Waals surface area contributed by atoms with Crippen molar-refractivity contribution in [1.29, 1.82) is 0 Å². The van der Waals surface area contributed by atoms with Gasteiger partial charge in [-0.25, -0.2) is 0 Å². The zero-order valence-corrected chi connectivity index (χ0v) is 13.4. The molecule has 0 bridgehead atoms. The minimum atomic E-state index is -0.409. The molecule has 6 heteroatoms. The van der Waals surface area contributed by atoms with Crippen LogP contribution in [-0.2, 0) is 13.1 Å². The number of H-pyrrole nitrogens is 1. The Hall–Kier alpha value is -2.99. The molecule has 0 aliphatic heterocycles. The molecule has 3 N–H and O–H groups in total. The molecule has 0 unspecified atom stereocenters. The molecule has 0 aliphatic carbocycles. The predicted octanol–water partition coefficient (Wildman–Crippen LogP) is 2.20. The summed E-state index contributed by atoms with van der Waals surface area (Å²) in [6.45, 7) is 1.43. The lowest BCUT2D eigenvalue weighted by molar-refractivity contribution is 0.1000. The third kappa shape index (κ3) is 3.67. The van der Waals surface area contributed by atoms with E-state index in [0.29, 0.717) is 12.1 Å². The quantitative estimate of drug-likeness (QED) is 0.728. The summed E-state index contributed by atoms with van der Waals surface area (Å²) in [5.74, 6) is -0.409. The number of nitrogens with one attached hydrogen (secondary N) is 1. The van der Waals surface area contributed by atoms with E-state index in [1.165, 1.54) is 0 Å². The summed E-state index contributed by atoms with van der Waals surface area (Å²) in [6, 6.07) is 11.3. The zero-order chi connectivity index (χ0) is 16.9. The van der Waals surface area contributed by atoms with Crippen LogP contribution in [0.4, 0.5) is 0 Å². The fraction of sp³-hybridized carbons (Fsp3) is 0.167. The lowest BCUT2D eigenvalue weighted by Gasteiger charge is -2.17. The zero-order valence-electron chi connectivity index (χ0n) is 13.4. The summed E-state index contributed by atoms with van der Waals surface area (Å²) < 4.78 is 0. The molecule has 0 spiro atoms. The number of hydrogen-bond acceptors (Lipinski definition) is 4. The molecule has 0 saturated carbocycles. The third-order valence-corrected chi connectivity index (χ3v) is 3.77. The van der Waals surface area contributed by atoms with Gasteiger partial charge < -0.3 is 5.73 Å². The number of nitrogens with zero attached hydrogens (tertiary/aromatic N) is 3. The maximum absolute atomic E-state index is 11.3. The molecule has 3 aromatic rings. The Labute approximate surface area is 140 Å². The van der Waals surface area contributed by atoms with Crippen molar-refractivity contribution < 1.29 is 4.79 Å². The Morgan fingerprint density at radius 3 is 2.83 bits per heavy atom. The van der Waals surface area contributed by atoms with Crippen molar-refractivity contribution in [3.8, 4) is 11.3 Å². The van der Waals surface area contributed by atoms with Gasteiger partial charge in [0.15, 0.2) is 0 Å². The number of benzene rings is 1. The number of pyridine rings is 1. The molecular weight excluding hydrogens is 302 g/mol. The molecule has 6 nitrogen and oxygen atoms in total. The van der Waals surface area contributed by atoms with Crippen LogP contribution in [0.1, 0.15) is 21.5 Å². The first-order chi connectivity index (χ1) is 11.6. The predicted molar refractivity (Wildman–Crippen MR) is 91.9 cm³/mol. The SMILES string of the molecule is CN(Cc1cccc(C(N)=O)c1)Cc1cn[nH]c1-c1cccnc1. The van der Waals surface area contributed by atoms with Crippen molar-refractivity contribution >= 4 is 5.91 Å². The lowest BCUT2D eigenvalue weighted by atomic mass is 10.1. The Bertz CT molecular complexity index is 828. The summed E-state index contributed by atoms with van der Waals surface area (Å²) in [7, 11) is 2.02. The number of amides is 1. The molecule has 122 valence electrons. The second kappa shape index (κ2) is 7.06. The summed E-state index contributed by atoms with van der Waals surface area (Å²) in [5, 5.41) is 7.19. The summed E-state index contributed by atoms with van der Waals surface area (Å²) in [6.07, 6.45) is 5.39. The van der Waals surface area contributed by atoms with E-state index in [0.717, 1.165) is 28.9 Å². The van der Waals surface area contributed by atoms with Crippen molar-refractivity contribution in [1.82, 2.24) is 20.1 Å². The highest BCUT2D eigenvalue weighted by Gasteiger charge is 2.11. The highest BCUT2D eigenvalue weighted by atomic mass is 16.1. The Morgan fingerprint density at radius 2 is 2.08 bits per heavy atom. The first-order valence-electron chi connectivity index (χ1n) is 7.63. The monoisotopic (exact) mass is 321 g/mol. The number of aromatic nitrogens is 3. The molecule has 0 saturated heterocycles. The number of carbonyl (C=O) groups excluding carboxylic acids is 1. The molecule has 1 amide bonds. The average molecular weight is 321 g/mol. The van der Waals surface area contributed by atoms with E-state index in [9.17, 15) is 4.79 Å². The minimum absolute atomic E-state index is 0.409. The van der Waals surface area contributed by atoms with Gasteiger partial charge in [0.05, 0.1) is 11.9 Å². The van der Waals surface area contributed by atoms with Crippen LogP contribution in [0, 0.1) is 0 Å². The van der Waals surface area contributed by atoms with Crippen LogP contribution >= 0.6 is 0 Å². The van der Waals surface area contributed by atoms with Gasteiger partial charge in [-0.2, -0.15) is 5.10 Å². The van der Waals surface area contributed by atoms with Crippen LogP contribution in [-0.4, -0.2) is 33.0 Å². The van der Waals surface area contributed by atoms with Crippen LogP contribution in [0.25, 0.3) is 11.3 Å². The van der Waals surface area contributed by atoms with E-state index >= 15 is 0 Å². The normalized spacial score (nSPS) is 10.9. The number of nitrogens with two attached hydrogens (primary N) is 1. The third-order valence-electron chi connectivity index (χ3n) is 3.77. The van der Waals surface area contributed by atoms with Gasteiger partial charge in [0.1, 0.15) is 0 Å². The maximum Gasteiger partial charge on any atom is 0.248 e. The fourth-order valence-corrected chi connectivity index (χ4v) is 2.67. The largest absolute Gasteiger partial charge is 0.366 e. The molecule has 3 rings (SSSR count). The summed E-state index contributed by atoms with van der Waals surface area (Å²) in [4.78, 5) is 17.6. The van der Waals surface area contributed by atoms with Crippen molar-refractivity contribution in [2.24, 2.45) is 5.73 Å². The van der Waals surface area contributed by atoms with Crippen molar-refractivity contribution in [3.05, 3.63) is 71.7 Å². The summed E-state index contributed by atoms with van der Waals surface area (Å²) in [5.41, 5.74) is 9.98. The van der Waals surface area contributed by atoms with Gasteiger partial charge in [-0.15, -0.1) is 0 Å². The number of primary amides is 1. The van der Waals surface area contributed by atoms with Crippen LogP contribution in [0.2, 0.25) is 0 Å². The van der Waals surface area contributed by atoms with Crippen molar-refractivity contribution in [2.75, 3.05) is 7.05 Å². The number of rotatable bonds is 6. The Morgan fingerprint density at radius 1 is 1.21 bits per heavy atom. The van der Waals surface area contributed by atoms with Gasteiger partial charge in [0.25, 0.3) is 0 Å². The number of hydrogen-bond donors (Lipinski definition) is 2. The lowest BCUT2D eigenvalue weighted by Crippen LogP contribution is -2.18. The van der Waals surface area contributed by atoms with E-state index in [4.69, 9.17) is 5.73 Å². The second-order valence-corrected chi connectivity index (χ2v) is 5.75. The number of aromatic amines is 1. The smallest absolute Gasteiger partial charge is 0.248 e. The molecule has 1 aromatic carbocycles. The standard InChI is InChI=1S/C18H19N5O/c1-23(11-13-4-2-5-14(8-13)18(19)24)12-16-10-21-22-17(16)15-6-3-7-20-9-15/h2-10H,11-12H2,1H3,(H2,19,24)(H,21,22). The highest BCUT2D eigenvalue weighted by molar-refractivity contribution is 5.92. The van der Waals surface area contributed by atoms with E-state index < -0.39 is 5.91 Å². The minimum Gasteiger partial charge on any atom is -0.366 e. The first-order valence-corrected chi connectivity index (χ1v) is 7.63. The van der Waals surface area contributed by atoms with Crippen LogP contribution in [0.3, 0.4) is 0 Å². The fourth-order valence-electron chi connectivity index (χ4n) is 2.67. The van der Waals surface area contributed by atoms with Crippen molar-refractivity contribution in [3.63, 3.8) is 0 Å². The van der Waals surface area contributed by atoms with Crippen LogP contribution in [0.5, 0.6) is 0 Å². The molecule has 0 atom stereocenters. The molecule has 2 heterocycles. The van der Waals surface area contributed by atoms with Gasteiger partial charge in [-0.3, -0.25) is 19.8 Å². The van der Waals surface area contributed by atoms with E-state index in [1.807, 2.05) is 49.8 Å². The van der Waals surface area contributed by atoms with E-state index in [1.54, 1.807) is 12.3 Å². The average Bonchev–Trinajstić information content (AvgIpc) is 3.03. The van der Waals surface area contributed by atoms with Gasteiger partial charge >= 0.3 is 0 Å². The molecule has 0 fully saturated rings. The first kappa shape index (κ1) is 15.9. The van der Waals surface area contributed by atoms with Gasteiger partial charge in [-0.05, 0) is 36.9 Å². The van der Waals surface area contributed by atoms with Gasteiger partial charge in [0.2, 0.25) is 5.91 Å². The van der Waals surface area contributed by atoms with E-state index in [-0.39, 0.29) is 0 Å².